The molecule has 1 fully saturated rings. The van der Waals surface area contributed by atoms with Crippen LogP contribution in [0.4, 0.5) is 8.78 Å². The Labute approximate surface area is 120 Å². The standard InChI is InChI=1S/C16H24F2N2/c1-2-8-20-9-4-3-5-12(11-19)16(20)14-7-6-13(17)10-15(14)18/h6-7,10,12,16H,2-5,8-9,11,19H2,1H3. The van der Waals surface area contributed by atoms with Gasteiger partial charge >= 0.3 is 0 Å². The Morgan fingerprint density at radius 2 is 2.10 bits per heavy atom. The van der Waals surface area contributed by atoms with E-state index in [1.165, 1.54) is 6.07 Å². The third kappa shape index (κ3) is 3.36. The van der Waals surface area contributed by atoms with Gasteiger partial charge in [-0.15, -0.1) is 0 Å². The van der Waals surface area contributed by atoms with Gasteiger partial charge in [0.1, 0.15) is 11.6 Å². The largest absolute Gasteiger partial charge is 0.330 e. The highest BCUT2D eigenvalue weighted by atomic mass is 19.1. The zero-order valence-electron chi connectivity index (χ0n) is 12.1. The fourth-order valence-electron chi connectivity index (χ4n) is 3.29. The Bertz CT molecular complexity index is 436. The van der Waals surface area contributed by atoms with Gasteiger partial charge in [-0.2, -0.15) is 0 Å². The van der Waals surface area contributed by atoms with Gasteiger partial charge in [0.15, 0.2) is 0 Å². The van der Waals surface area contributed by atoms with E-state index in [1.54, 1.807) is 6.07 Å². The van der Waals surface area contributed by atoms with Crippen LogP contribution in [0, 0.1) is 17.6 Å². The maximum absolute atomic E-state index is 14.2. The minimum absolute atomic E-state index is 0.0250. The lowest BCUT2D eigenvalue weighted by molar-refractivity contribution is 0.154. The second kappa shape index (κ2) is 7.14. The van der Waals surface area contributed by atoms with Crippen LogP contribution in [0.2, 0.25) is 0 Å². The van der Waals surface area contributed by atoms with Gasteiger partial charge in [-0.25, -0.2) is 8.78 Å². The molecule has 1 aliphatic rings. The van der Waals surface area contributed by atoms with Crippen LogP contribution >= 0.6 is 0 Å². The Hall–Kier alpha value is -1.00. The van der Waals surface area contributed by atoms with E-state index in [0.29, 0.717) is 12.1 Å². The normalized spacial score (nSPS) is 24.6. The molecule has 0 spiro atoms. The minimum atomic E-state index is -0.522. The molecule has 2 unspecified atom stereocenters. The first-order valence-corrected chi connectivity index (χ1v) is 7.56. The third-order valence-corrected chi connectivity index (χ3v) is 4.20. The lowest BCUT2D eigenvalue weighted by Gasteiger charge is -2.35. The average molecular weight is 282 g/mol. The van der Waals surface area contributed by atoms with E-state index < -0.39 is 11.6 Å². The Kier molecular flexibility index (Phi) is 5.49. The Morgan fingerprint density at radius 1 is 1.30 bits per heavy atom. The SMILES string of the molecule is CCCN1CCCCC(CN)C1c1ccc(F)cc1F. The van der Waals surface area contributed by atoms with Crippen LogP contribution in [0.1, 0.15) is 44.2 Å². The molecule has 2 nitrogen and oxygen atoms in total. The van der Waals surface area contributed by atoms with Crippen molar-refractivity contribution in [3.8, 4) is 0 Å². The van der Waals surface area contributed by atoms with Gasteiger partial charge < -0.3 is 5.73 Å². The summed E-state index contributed by atoms with van der Waals surface area (Å²) in [5.41, 5.74) is 6.51. The van der Waals surface area contributed by atoms with Gasteiger partial charge in [0, 0.05) is 17.7 Å². The van der Waals surface area contributed by atoms with Crippen LogP contribution in [-0.2, 0) is 0 Å². The van der Waals surface area contributed by atoms with Crippen LogP contribution in [-0.4, -0.2) is 24.5 Å². The van der Waals surface area contributed by atoms with Crippen molar-refractivity contribution in [3.63, 3.8) is 0 Å². The van der Waals surface area contributed by atoms with Crippen molar-refractivity contribution in [3.05, 3.63) is 35.4 Å². The molecule has 2 rings (SSSR count). The van der Waals surface area contributed by atoms with Crippen molar-refractivity contribution in [1.82, 2.24) is 4.90 Å². The monoisotopic (exact) mass is 282 g/mol. The summed E-state index contributed by atoms with van der Waals surface area (Å²) in [6.07, 6.45) is 4.28. The molecule has 20 heavy (non-hydrogen) atoms. The number of nitrogens with two attached hydrogens (primary N) is 1. The van der Waals surface area contributed by atoms with Crippen molar-refractivity contribution in [2.75, 3.05) is 19.6 Å². The fraction of sp³-hybridized carbons (Fsp3) is 0.625. The van der Waals surface area contributed by atoms with Crippen LogP contribution in [0.15, 0.2) is 18.2 Å². The van der Waals surface area contributed by atoms with Crippen molar-refractivity contribution in [2.45, 2.75) is 38.6 Å². The number of benzene rings is 1. The molecule has 1 aromatic carbocycles. The molecule has 2 N–H and O–H groups in total. The first-order chi connectivity index (χ1) is 9.67. The molecule has 1 aromatic rings. The lowest BCUT2D eigenvalue weighted by atomic mass is 9.89. The van der Waals surface area contributed by atoms with Crippen LogP contribution in [0.3, 0.4) is 0 Å². The van der Waals surface area contributed by atoms with Gasteiger partial charge in [0.2, 0.25) is 0 Å². The smallest absolute Gasteiger partial charge is 0.130 e. The fourth-order valence-corrected chi connectivity index (χ4v) is 3.29. The van der Waals surface area contributed by atoms with Crippen LogP contribution in [0.5, 0.6) is 0 Å². The van der Waals surface area contributed by atoms with E-state index in [9.17, 15) is 8.78 Å². The second-order valence-corrected chi connectivity index (χ2v) is 5.64. The summed E-state index contributed by atoms with van der Waals surface area (Å²) in [5.74, 6) is -0.730. The van der Waals surface area contributed by atoms with Crippen LogP contribution in [0.25, 0.3) is 0 Å². The van der Waals surface area contributed by atoms with E-state index in [0.717, 1.165) is 44.8 Å². The lowest BCUT2D eigenvalue weighted by Crippen LogP contribution is -2.36. The topological polar surface area (TPSA) is 29.3 Å². The van der Waals surface area contributed by atoms with E-state index in [2.05, 4.69) is 11.8 Å². The molecule has 0 bridgehead atoms. The summed E-state index contributed by atoms with van der Waals surface area (Å²) in [7, 11) is 0. The zero-order chi connectivity index (χ0) is 14.5. The number of hydrogen-bond acceptors (Lipinski definition) is 2. The second-order valence-electron chi connectivity index (χ2n) is 5.64. The number of halogens is 2. The Balaban J connectivity index is 2.37. The maximum atomic E-state index is 14.2. The van der Waals surface area contributed by atoms with Gasteiger partial charge in [-0.1, -0.05) is 19.4 Å². The highest BCUT2D eigenvalue weighted by molar-refractivity contribution is 5.23. The number of likely N-dealkylation sites (tertiary alicyclic amines) is 1. The summed E-state index contributed by atoms with van der Waals surface area (Å²) in [4.78, 5) is 2.32. The first-order valence-electron chi connectivity index (χ1n) is 7.56. The van der Waals surface area contributed by atoms with Gasteiger partial charge in [0.05, 0.1) is 0 Å². The third-order valence-electron chi connectivity index (χ3n) is 4.20. The highest BCUT2D eigenvalue weighted by Gasteiger charge is 2.31. The van der Waals surface area contributed by atoms with Crippen molar-refractivity contribution >= 4 is 0 Å². The number of rotatable bonds is 4. The van der Waals surface area contributed by atoms with Crippen molar-refractivity contribution < 1.29 is 8.78 Å². The summed E-state index contributed by atoms with van der Waals surface area (Å²) in [6, 6.07) is 3.90. The molecule has 1 saturated heterocycles. The summed E-state index contributed by atoms with van der Waals surface area (Å²) >= 11 is 0. The molecule has 0 aromatic heterocycles. The highest BCUT2D eigenvalue weighted by Crippen LogP contribution is 2.36. The first kappa shape index (κ1) is 15.4. The zero-order valence-corrected chi connectivity index (χ0v) is 12.1. The molecule has 112 valence electrons. The predicted octanol–water partition coefficient (Wildman–Crippen LogP) is 3.48. The summed E-state index contributed by atoms with van der Waals surface area (Å²) in [5, 5.41) is 0. The van der Waals surface area contributed by atoms with Gasteiger partial charge in [0.25, 0.3) is 0 Å². The van der Waals surface area contributed by atoms with E-state index in [1.807, 2.05) is 0 Å². The number of hydrogen-bond donors (Lipinski definition) is 1. The minimum Gasteiger partial charge on any atom is -0.330 e. The quantitative estimate of drug-likeness (QED) is 0.916. The Morgan fingerprint density at radius 3 is 2.75 bits per heavy atom. The van der Waals surface area contributed by atoms with E-state index in [-0.39, 0.29) is 12.0 Å². The molecule has 0 saturated carbocycles. The predicted molar refractivity (Wildman–Crippen MR) is 77.4 cm³/mol. The molecule has 0 aliphatic carbocycles. The number of nitrogens with zero attached hydrogens (tertiary/aromatic N) is 1. The molecule has 1 aliphatic heterocycles. The maximum Gasteiger partial charge on any atom is 0.130 e. The van der Waals surface area contributed by atoms with E-state index >= 15 is 0 Å². The molecule has 4 heteroatoms. The average Bonchev–Trinajstić information content (AvgIpc) is 2.62. The molecular weight excluding hydrogens is 258 g/mol. The molecule has 0 radical (unpaired) electrons. The summed E-state index contributed by atoms with van der Waals surface area (Å²) in [6.45, 7) is 4.56. The molecule has 0 amide bonds. The van der Waals surface area contributed by atoms with Crippen molar-refractivity contribution in [2.24, 2.45) is 11.7 Å². The molecule has 1 heterocycles. The van der Waals surface area contributed by atoms with Crippen molar-refractivity contribution in [1.29, 1.82) is 0 Å². The molecule has 2 atom stereocenters. The molecular formula is C16H24F2N2. The van der Waals surface area contributed by atoms with Gasteiger partial charge in [-0.3, -0.25) is 4.90 Å². The van der Waals surface area contributed by atoms with E-state index in [4.69, 9.17) is 5.73 Å². The van der Waals surface area contributed by atoms with Gasteiger partial charge in [-0.05, 0) is 50.9 Å². The van der Waals surface area contributed by atoms with Crippen LogP contribution < -0.4 is 5.73 Å². The summed E-state index contributed by atoms with van der Waals surface area (Å²) < 4.78 is 27.3.